The van der Waals surface area contributed by atoms with E-state index in [1.165, 1.54) is 19.1 Å². The quantitative estimate of drug-likeness (QED) is 0.505. The molecule has 0 aliphatic heterocycles. The molecule has 2 aromatic carbocycles. The lowest BCUT2D eigenvalue weighted by Crippen LogP contribution is -2.17. The number of carbonyl (C=O) groups is 2. The molecule has 0 fully saturated rings. The van der Waals surface area contributed by atoms with Gasteiger partial charge in [-0.3, -0.25) is 9.59 Å². The molecular formula is C22H17FN2O3. The van der Waals surface area contributed by atoms with Crippen LogP contribution in [0.4, 0.5) is 10.1 Å². The second-order valence-electron chi connectivity index (χ2n) is 6.51. The van der Waals surface area contributed by atoms with Gasteiger partial charge in [0.1, 0.15) is 11.5 Å². The van der Waals surface area contributed by atoms with Crippen LogP contribution in [0.15, 0.2) is 71.3 Å². The molecule has 2 heterocycles. The van der Waals surface area contributed by atoms with Crippen LogP contribution in [-0.4, -0.2) is 16.3 Å². The third-order valence-corrected chi connectivity index (χ3v) is 4.51. The number of Topliss-reactive ketones (excluding diaryl/α,β-unsaturated/α-hetero) is 1. The Morgan fingerprint density at radius 2 is 1.89 bits per heavy atom. The Hall–Kier alpha value is -3.67. The molecule has 28 heavy (non-hydrogen) atoms. The van der Waals surface area contributed by atoms with Crippen LogP contribution in [0.5, 0.6) is 0 Å². The highest BCUT2D eigenvalue weighted by atomic mass is 19.1. The number of amides is 1. The zero-order valence-corrected chi connectivity index (χ0v) is 15.1. The standard InChI is InChI=1S/C22H17FN2O3/c1-14(26)16-5-3-7-18(11-16)24-22(27)20-12-21-19(8-9-28-21)25(20)13-15-4-2-6-17(23)10-15/h2-12H,13H2,1H3,(H,24,27). The van der Waals surface area contributed by atoms with E-state index in [1.54, 1.807) is 59.4 Å². The van der Waals surface area contributed by atoms with Crippen LogP contribution < -0.4 is 5.32 Å². The Kier molecular flexibility index (Phi) is 4.53. The Balaban J connectivity index is 1.68. The summed E-state index contributed by atoms with van der Waals surface area (Å²) in [5.74, 6) is -0.758. The van der Waals surface area contributed by atoms with E-state index < -0.39 is 0 Å². The van der Waals surface area contributed by atoms with E-state index in [0.717, 1.165) is 11.1 Å². The molecule has 0 aliphatic carbocycles. The van der Waals surface area contributed by atoms with Gasteiger partial charge in [0.25, 0.3) is 5.91 Å². The summed E-state index contributed by atoms with van der Waals surface area (Å²) >= 11 is 0. The van der Waals surface area contributed by atoms with Gasteiger partial charge in [-0.15, -0.1) is 0 Å². The number of nitrogens with one attached hydrogen (secondary N) is 1. The summed E-state index contributed by atoms with van der Waals surface area (Å²) in [4.78, 5) is 24.5. The smallest absolute Gasteiger partial charge is 0.272 e. The van der Waals surface area contributed by atoms with E-state index in [0.29, 0.717) is 29.1 Å². The van der Waals surface area contributed by atoms with Crippen LogP contribution in [0.2, 0.25) is 0 Å². The van der Waals surface area contributed by atoms with Gasteiger partial charge >= 0.3 is 0 Å². The van der Waals surface area contributed by atoms with Gasteiger partial charge in [-0.2, -0.15) is 0 Å². The van der Waals surface area contributed by atoms with E-state index in [2.05, 4.69) is 5.32 Å². The third-order valence-electron chi connectivity index (χ3n) is 4.51. The molecule has 1 amide bonds. The SMILES string of the molecule is CC(=O)c1cccc(NC(=O)c2cc3occc3n2Cc2cccc(F)c2)c1. The zero-order chi connectivity index (χ0) is 19.7. The number of hydrogen-bond acceptors (Lipinski definition) is 3. The van der Waals surface area contributed by atoms with E-state index in [4.69, 9.17) is 4.42 Å². The average Bonchev–Trinajstić information content (AvgIpc) is 3.25. The predicted octanol–water partition coefficient (Wildman–Crippen LogP) is 4.88. The highest BCUT2D eigenvalue weighted by Crippen LogP contribution is 2.24. The molecule has 6 heteroatoms. The minimum atomic E-state index is -0.344. The van der Waals surface area contributed by atoms with Gasteiger partial charge in [0.2, 0.25) is 0 Å². The third kappa shape index (κ3) is 3.44. The molecule has 0 spiro atoms. The number of anilines is 1. The molecule has 1 N–H and O–H groups in total. The molecule has 0 saturated carbocycles. The van der Waals surface area contributed by atoms with Crippen molar-refractivity contribution < 1.29 is 18.4 Å². The van der Waals surface area contributed by atoms with Crippen LogP contribution in [0.1, 0.15) is 33.3 Å². The molecule has 0 radical (unpaired) electrons. The maximum Gasteiger partial charge on any atom is 0.272 e. The summed E-state index contributed by atoms with van der Waals surface area (Å²) in [6.07, 6.45) is 1.55. The van der Waals surface area contributed by atoms with Crippen molar-refractivity contribution in [3.8, 4) is 0 Å². The first kappa shape index (κ1) is 17.7. The fourth-order valence-electron chi connectivity index (χ4n) is 3.16. The van der Waals surface area contributed by atoms with E-state index in [9.17, 15) is 14.0 Å². The van der Waals surface area contributed by atoms with Crippen LogP contribution in [-0.2, 0) is 6.54 Å². The van der Waals surface area contributed by atoms with Crippen LogP contribution >= 0.6 is 0 Å². The number of furan rings is 1. The molecule has 0 bridgehead atoms. The van der Waals surface area contributed by atoms with Crippen molar-refractivity contribution in [1.82, 2.24) is 4.57 Å². The Bertz CT molecular complexity index is 1190. The van der Waals surface area contributed by atoms with Gasteiger partial charge in [0.05, 0.1) is 11.8 Å². The van der Waals surface area contributed by atoms with Crippen LogP contribution in [0.3, 0.4) is 0 Å². The number of ketones is 1. The maximum absolute atomic E-state index is 13.6. The predicted molar refractivity (Wildman–Crippen MR) is 104 cm³/mol. The van der Waals surface area contributed by atoms with Gasteiger partial charge in [0, 0.05) is 29.9 Å². The first-order valence-electron chi connectivity index (χ1n) is 8.75. The fourth-order valence-corrected chi connectivity index (χ4v) is 3.16. The normalized spacial score (nSPS) is 10.9. The van der Waals surface area contributed by atoms with E-state index in [1.807, 2.05) is 0 Å². The Labute approximate surface area is 160 Å². The van der Waals surface area contributed by atoms with Gasteiger partial charge < -0.3 is 14.3 Å². The first-order chi connectivity index (χ1) is 13.5. The minimum Gasteiger partial charge on any atom is -0.463 e. The molecule has 140 valence electrons. The van der Waals surface area contributed by atoms with Crippen molar-refractivity contribution in [1.29, 1.82) is 0 Å². The summed E-state index contributed by atoms with van der Waals surface area (Å²) in [5.41, 5.74) is 3.46. The molecule has 5 nitrogen and oxygen atoms in total. The number of halogens is 1. The number of benzene rings is 2. The summed E-state index contributed by atoms with van der Waals surface area (Å²) < 4.78 is 20.8. The molecule has 0 aliphatic rings. The summed E-state index contributed by atoms with van der Waals surface area (Å²) in [6, 6.07) is 16.4. The monoisotopic (exact) mass is 376 g/mol. The highest BCUT2D eigenvalue weighted by molar-refractivity contribution is 6.06. The Morgan fingerprint density at radius 3 is 2.68 bits per heavy atom. The summed E-state index contributed by atoms with van der Waals surface area (Å²) in [7, 11) is 0. The molecule has 4 aromatic rings. The fraction of sp³-hybridized carbons (Fsp3) is 0.0909. The van der Waals surface area contributed by atoms with Crippen LogP contribution in [0.25, 0.3) is 11.1 Å². The van der Waals surface area contributed by atoms with Crippen molar-refractivity contribution in [3.05, 3.63) is 89.6 Å². The van der Waals surface area contributed by atoms with Gasteiger partial charge in [0.15, 0.2) is 11.4 Å². The number of carbonyl (C=O) groups excluding carboxylic acids is 2. The summed E-state index contributed by atoms with van der Waals surface area (Å²) in [5, 5.41) is 2.81. The largest absolute Gasteiger partial charge is 0.463 e. The van der Waals surface area contributed by atoms with Gasteiger partial charge in [-0.1, -0.05) is 24.3 Å². The number of rotatable bonds is 5. The second-order valence-corrected chi connectivity index (χ2v) is 6.51. The van der Waals surface area contributed by atoms with Gasteiger partial charge in [-0.25, -0.2) is 4.39 Å². The summed E-state index contributed by atoms with van der Waals surface area (Å²) in [6.45, 7) is 1.79. The van der Waals surface area contributed by atoms with E-state index in [-0.39, 0.29) is 17.5 Å². The zero-order valence-electron chi connectivity index (χ0n) is 15.1. The lowest BCUT2D eigenvalue weighted by molar-refractivity contribution is 0.100. The first-order valence-corrected chi connectivity index (χ1v) is 8.75. The van der Waals surface area contributed by atoms with Crippen molar-refractivity contribution in [2.24, 2.45) is 0 Å². The molecule has 0 saturated heterocycles. The lowest BCUT2D eigenvalue weighted by Gasteiger charge is -2.11. The minimum absolute atomic E-state index is 0.0805. The van der Waals surface area contributed by atoms with Crippen LogP contribution in [0, 0.1) is 5.82 Å². The van der Waals surface area contributed by atoms with Crippen molar-refractivity contribution in [2.75, 3.05) is 5.32 Å². The number of aromatic nitrogens is 1. The molecule has 4 rings (SSSR count). The van der Waals surface area contributed by atoms with Crippen molar-refractivity contribution in [2.45, 2.75) is 13.5 Å². The molecule has 2 aromatic heterocycles. The Morgan fingerprint density at radius 1 is 1.07 bits per heavy atom. The average molecular weight is 376 g/mol. The molecule has 0 unspecified atom stereocenters. The number of hydrogen-bond donors (Lipinski definition) is 1. The number of fused-ring (bicyclic) bond motifs is 1. The van der Waals surface area contributed by atoms with Crippen molar-refractivity contribution in [3.63, 3.8) is 0 Å². The number of nitrogens with zero attached hydrogens (tertiary/aromatic N) is 1. The molecule has 0 atom stereocenters. The maximum atomic E-state index is 13.6. The lowest BCUT2D eigenvalue weighted by atomic mass is 10.1. The topological polar surface area (TPSA) is 64.2 Å². The van der Waals surface area contributed by atoms with Gasteiger partial charge in [-0.05, 0) is 36.8 Å². The van der Waals surface area contributed by atoms with Crippen molar-refractivity contribution >= 4 is 28.5 Å². The molecular weight excluding hydrogens is 359 g/mol. The van der Waals surface area contributed by atoms with E-state index >= 15 is 0 Å². The highest BCUT2D eigenvalue weighted by Gasteiger charge is 2.18. The second kappa shape index (κ2) is 7.15.